The minimum absolute atomic E-state index is 0.519. The molecule has 1 heterocycles. The van der Waals surface area contributed by atoms with Gasteiger partial charge in [-0.05, 0) is 24.6 Å². The van der Waals surface area contributed by atoms with E-state index in [4.69, 9.17) is 11.6 Å². The van der Waals surface area contributed by atoms with Crippen LogP contribution in [0.4, 0.5) is 10.8 Å². The number of alkyl halides is 1. The van der Waals surface area contributed by atoms with Crippen molar-refractivity contribution in [3.05, 3.63) is 35.7 Å². The summed E-state index contributed by atoms with van der Waals surface area (Å²) >= 11 is 7.11. The first-order valence-electron chi connectivity index (χ1n) is 4.50. The second-order valence-corrected chi connectivity index (χ2v) is 4.12. The van der Waals surface area contributed by atoms with Crippen LogP contribution in [0.2, 0.25) is 0 Å². The van der Waals surface area contributed by atoms with Crippen LogP contribution >= 0.6 is 23.1 Å². The van der Waals surface area contributed by atoms with Gasteiger partial charge in [0.05, 0.1) is 0 Å². The number of nitrogens with zero attached hydrogens (tertiary/aromatic N) is 2. The molecule has 0 aliphatic rings. The molecule has 0 aliphatic carbocycles. The Balaban J connectivity index is 2.16. The molecule has 1 N–H and O–H groups in total. The van der Waals surface area contributed by atoms with Crippen molar-refractivity contribution in [2.24, 2.45) is 0 Å². The summed E-state index contributed by atoms with van der Waals surface area (Å²) in [4.78, 5) is 4.22. The smallest absolute Gasteiger partial charge is 0.207 e. The van der Waals surface area contributed by atoms with E-state index < -0.39 is 0 Å². The molecule has 0 aliphatic heterocycles. The molecule has 0 saturated heterocycles. The normalized spacial score (nSPS) is 10.3. The number of rotatable bonds is 3. The van der Waals surface area contributed by atoms with Crippen LogP contribution in [0.3, 0.4) is 0 Å². The van der Waals surface area contributed by atoms with Crippen molar-refractivity contribution in [2.75, 3.05) is 5.32 Å². The lowest BCUT2D eigenvalue weighted by Gasteiger charge is -2.02. The molecule has 0 radical (unpaired) electrons. The molecule has 0 bridgehead atoms. The fraction of sp³-hybridized carbons (Fsp3) is 0.200. The van der Waals surface area contributed by atoms with Crippen LogP contribution in [0.15, 0.2) is 24.3 Å². The molecule has 1 aromatic heterocycles. The van der Waals surface area contributed by atoms with E-state index >= 15 is 0 Å². The molecular formula is C10H10ClN3S. The molecular weight excluding hydrogens is 230 g/mol. The maximum atomic E-state index is 5.75. The summed E-state index contributed by atoms with van der Waals surface area (Å²) in [5.74, 6) is 1.31. The van der Waals surface area contributed by atoms with E-state index in [0.717, 1.165) is 22.2 Å². The predicted molar refractivity (Wildman–Crippen MR) is 63.9 cm³/mol. The van der Waals surface area contributed by atoms with E-state index in [1.54, 1.807) is 0 Å². The van der Waals surface area contributed by atoms with Gasteiger partial charge in [-0.2, -0.15) is 4.37 Å². The molecule has 3 nitrogen and oxygen atoms in total. The second kappa shape index (κ2) is 4.59. The molecule has 0 fully saturated rings. The van der Waals surface area contributed by atoms with Gasteiger partial charge >= 0.3 is 0 Å². The third-order valence-corrected chi connectivity index (χ3v) is 2.89. The van der Waals surface area contributed by atoms with E-state index in [1.165, 1.54) is 11.5 Å². The number of anilines is 2. The van der Waals surface area contributed by atoms with Crippen molar-refractivity contribution in [3.63, 3.8) is 0 Å². The van der Waals surface area contributed by atoms with E-state index in [0.29, 0.717) is 5.88 Å². The first-order chi connectivity index (χ1) is 7.28. The van der Waals surface area contributed by atoms with Crippen LogP contribution < -0.4 is 5.32 Å². The standard InChI is InChI=1S/C10H10ClN3S/c1-7-12-10(15-14-7)13-9-4-2-3-8(5-9)6-11/h2-5H,6H2,1H3,(H,12,13,14). The maximum absolute atomic E-state index is 5.75. The Labute approximate surface area is 97.3 Å². The van der Waals surface area contributed by atoms with Crippen molar-refractivity contribution in [1.82, 2.24) is 9.36 Å². The first kappa shape index (κ1) is 10.4. The number of nitrogens with one attached hydrogen (secondary N) is 1. The second-order valence-electron chi connectivity index (χ2n) is 3.11. The number of aromatic nitrogens is 2. The van der Waals surface area contributed by atoms with Gasteiger partial charge in [-0.1, -0.05) is 12.1 Å². The molecule has 0 spiro atoms. The summed E-state index contributed by atoms with van der Waals surface area (Å²) in [6, 6.07) is 7.94. The van der Waals surface area contributed by atoms with Gasteiger partial charge in [-0.15, -0.1) is 11.6 Å². The summed E-state index contributed by atoms with van der Waals surface area (Å²) < 4.78 is 4.10. The van der Waals surface area contributed by atoms with Crippen molar-refractivity contribution >= 4 is 34.0 Å². The highest BCUT2D eigenvalue weighted by molar-refractivity contribution is 7.09. The Hall–Kier alpha value is -1.13. The van der Waals surface area contributed by atoms with Gasteiger partial charge < -0.3 is 5.32 Å². The van der Waals surface area contributed by atoms with Gasteiger partial charge in [0.25, 0.3) is 0 Å². The number of benzene rings is 1. The zero-order valence-electron chi connectivity index (χ0n) is 8.20. The average molecular weight is 240 g/mol. The van der Waals surface area contributed by atoms with Gasteiger partial charge in [0.2, 0.25) is 5.13 Å². The van der Waals surface area contributed by atoms with E-state index in [2.05, 4.69) is 14.7 Å². The Morgan fingerprint density at radius 2 is 2.33 bits per heavy atom. The van der Waals surface area contributed by atoms with Crippen LogP contribution in [0, 0.1) is 6.92 Å². The molecule has 2 rings (SSSR count). The van der Waals surface area contributed by atoms with Gasteiger partial charge in [0.15, 0.2) is 0 Å². The number of aryl methyl sites for hydroxylation is 1. The van der Waals surface area contributed by atoms with Gasteiger partial charge in [0.1, 0.15) is 5.82 Å². The van der Waals surface area contributed by atoms with E-state index in [-0.39, 0.29) is 0 Å². The van der Waals surface area contributed by atoms with Crippen LogP contribution in [0.25, 0.3) is 0 Å². The minimum Gasteiger partial charge on any atom is -0.330 e. The predicted octanol–water partition coefficient (Wildman–Crippen LogP) is 3.33. The lowest BCUT2D eigenvalue weighted by atomic mass is 10.2. The topological polar surface area (TPSA) is 37.8 Å². The largest absolute Gasteiger partial charge is 0.330 e. The van der Waals surface area contributed by atoms with Gasteiger partial charge in [-0.25, -0.2) is 4.98 Å². The Kier molecular flexibility index (Phi) is 3.18. The summed E-state index contributed by atoms with van der Waals surface area (Å²) in [6.45, 7) is 1.87. The molecule has 15 heavy (non-hydrogen) atoms. The summed E-state index contributed by atoms with van der Waals surface area (Å²) in [5.41, 5.74) is 2.08. The molecule has 5 heteroatoms. The minimum atomic E-state index is 0.519. The SMILES string of the molecule is Cc1nsc(Nc2cccc(CCl)c2)n1. The quantitative estimate of drug-likeness (QED) is 0.835. The number of hydrogen-bond donors (Lipinski definition) is 1. The molecule has 0 atom stereocenters. The third-order valence-electron chi connectivity index (χ3n) is 1.86. The Bertz CT molecular complexity index is 455. The highest BCUT2D eigenvalue weighted by atomic mass is 35.5. The fourth-order valence-corrected chi connectivity index (χ4v) is 1.97. The average Bonchev–Trinajstić information content (AvgIpc) is 2.64. The number of halogens is 1. The van der Waals surface area contributed by atoms with Crippen LogP contribution in [-0.4, -0.2) is 9.36 Å². The summed E-state index contributed by atoms with van der Waals surface area (Å²) in [7, 11) is 0. The molecule has 78 valence electrons. The fourth-order valence-electron chi connectivity index (χ4n) is 1.20. The van der Waals surface area contributed by atoms with Crippen LogP contribution in [0.1, 0.15) is 11.4 Å². The monoisotopic (exact) mass is 239 g/mol. The highest BCUT2D eigenvalue weighted by Crippen LogP contribution is 2.19. The first-order valence-corrected chi connectivity index (χ1v) is 5.81. The Morgan fingerprint density at radius 3 is 3.00 bits per heavy atom. The van der Waals surface area contributed by atoms with Gasteiger partial charge in [0, 0.05) is 23.1 Å². The van der Waals surface area contributed by atoms with Crippen LogP contribution in [-0.2, 0) is 5.88 Å². The van der Waals surface area contributed by atoms with E-state index in [1.807, 2.05) is 31.2 Å². The lowest BCUT2D eigenvalue weighted by Crippen LogP contribution is -1.90. The highest BCUT2D eigenvalue weighted by Gasteiger charge is 2.00. The van der Waals surface area contributed by atoms with Crippen molar-refractivity contribution in [1.29, 1.82) is 0 Å². The van der Waals surface area contributed by atoms with Crippen LogP contribution in [0.5, 0.6) is 0 Å². The summed E-state index contributed by atoms with van der Waals surface area (Å²) in [6.07, 6.45) is 0. The van der Waals surface area contributed by atoms with Crippen molar-refractivity contribution in [2.45, 2.75) is 12.8 Å². The Morgan fingerprint density at radius 1 is 1.47 bits per heavy atom. The molecule has 0 saturated carbocycles. The molecule has 0 amide bonds. The molecule has 1 aromatic carbocycles. The lowest BCUT2D eigenvalue weighted by molar-refractivity contribution is 1.17. The van der Waals surface area contributed by atoms with Gasteiger partial charge in [-0.3, -0.25) is 0 Å². The van der Waals surface area contributed by atoms with Crippen molar-refractivity contribution in [3.8, 4) is 0 Å². The maximum Gasteiger partial charge on any atom is 0.207 e. The number of hydrogen-bond acceptors (Lipinski definition) is 4. The van der Waals surface area contributed by atoms with E-state index in [9.17, 15) is 0 Å². The summed E-state index contributed by atoms with van der Waals surface area (Å²) in [5, 5.41) is 3.99. The van der Waals surface area contributed by atoms with Crippen molar-refractivity contribution < 1.29 is 0 Å². The molecule has 0 unspecified atom stereocenters. The third kappa shape index (κ3) is 2.67. The zero-order valence-corrected chi connectivity index (χ0v) is 9.77. The molecule has 2 aromatic rings. The zero-order chi connectivity index (χ0) is 10.7.